The number of aliphatic hydroxyl groups is 1. The number of benzene rings is 2. The number of aromatic hydroxyl groups is 1. The third-order valence-corrected chi connectivity index (χ3v) is 7.08. The van der Waals surface area contributed by atoms with Crippen LogP contribution in [0.5, 0.6) is 5.75 Å². The number of hydrogen-bond donors (Lipinski definition) is 5. The molecule has 0 spiro atoms. The Balaban J connectivity index is 1.13. The molecule has 1 atom stereocenters. The summed E-state index contributed by atoms with van der Waals surface area (Å²) >= 11 is 0. The summed E-state index contributed by atoms with van der Waals surface area (Å²) in [5.74, 6) is -0.00240. The van der Waals surface area contributed by atoms with E-state index in [-0.39, 0.29) is 11.3 Å². The third-order valence-electron chi connectivity index (χ3n) is 7.08. The second kappa shape index (κ2) is 13.4. The summed E-state index contributed by atoms with van der Waals surface area (Å²) in [5.41, 5.74) is 3.15. The van der Waals surface area contributed by atoms with Crippen molar-refractivity contribution in [3.05, 3.63) is 70.0 Å². The SMILES string of the molecule is O=c1ccc2c([C@@H](O)CNCCc3ccc(NCCCCCN4CCCCC4)cc3)ccc(O)c2[nH]1. The van der Waals surface area contributed by atoms with Gasteiger partial charge in [-0.25, -0.2) is 0 Å². The van der Waals surface area contributed by atoms with Gasteiger partial charge >= 0.3 is 0 Å². The zero-order chi connectivity index (χ0) is 25.2. The number of anilines is 1. The van der Waals surface area contributed by atoms with Crippen LogP contribution < -0.4 is 16.2 Å². The fraction of sp³-hybridized carbons (Fsp3) is 0.483. The van der Waals surface area contributed by atoms with Gasteiger partial charge in [-0.05, 0) is 93.7 Å². The molecule has 0 unspecified atom stereocenters. The highest BCUT2D eigenvalue weighted by atomic mass is 16.3. The minimum absolute atomic E-state index is 0.00240. The maximum Gasteiger partial charge on any atom is 0.248 e. The first-order chi connectivity index (χ1) is 17.6. The Morgan fingerprint density at radius 2 is 1.72 bits per heavy atom. The number of nitrogens with one attached hydrogen (secondary N) is 3. The van der Waals surface area contributed by atoms with E-state index < -0.39 is 6.10 Å². The predicted octanol–water partition coefficient (Wildman–Crippen LogP) is 4.17. The summed E-state index contributed by atoms with van der Waals surface area (Å²) in [5, 5.41) is 28.2. The second-order valence-corrected chi connectivity index (χ2v) is 9.84. The van der Waals surface area contributed by atoms with Crippen molar-refractivity contribution in [1.29, 1.82) is 0 Å². The Bertz CT molecular complexity index is 1140. The van der Waals surface area contributed by atoms with Crippen molar-refractivity contribution in [2.45, 2.75) is 51.0 Å². The molecular weight excluding hydrogens is 452 g/mol. The number of aromatic nitrogens is 1. The summed E-state index contributed by atoms with van der Waals surface area (Å²) in [4.78, 5) is 16.8. The van der Waals surface area contributed by atoms with Crippen LogP contribution in [0.15, 0.2) is 53.3 Å². The molecule has 5 N–H and O–H groups in total. The number of rotatable bonds is 13. The van der Waals surface area contributed by atoms with E-state index in [1.54, 1.807) is 12.1 Å². The average Bonchev–Trinajstić information content (AvgIpc) is 2.90. The molecule has 0 saturated carbocycles. The Morgan fingerprint density at radius 3 is 2.53 bits per heavy atom. The van der Waals surface area contributed by atoms with Crippen molar-refractivity contribution in [2.24, 2.45) is 0 Å². The number of unbranched alkanes of at least 4 members (excludes halogenated alkanes) is 2. The quantitative estimate of drug-likeness (QED) is 0.230. The molecule has 1 aromatic heterocycles. The normalized spacial score (nSPS) is 15.2. The second-order valence-electron chi connectivity index (χ2n) is 9.84. The number of pyridine rings is 1. The van der Waals surface area contributed by atoms with E-state index >= 15 is 0 Å². The Morgan fingerprint density at radius 1 is 0.917 bits per heavy atom. The van der Waals surface area contributed by atoms with Gasteiger partial charge in [0.25, 0.3) is 0 Å². The van der Waals surface area contributed by atoms with Crippen molar-refractivity contribution in [3.8, 4) is 5.75 Å². The summed E-state index contributed by atoms with van der Waals surface area (Å²) < 4.78 is 0. The van der Waals surface area contributed by atoms with Gasteiger partial charge in [-0.1, -0.05) is 31.0 Å². The maximum atomic E-state index is 11.6. The van der Waals surface area contributed by atoms with Gasteiger partial charge in [0.05, 0.1) is 11.6 Å². The number of fused-ring (bicyclic) bond motifs is 1. The van der Waals surface area contributed by atoms with Crippen LogP contribution in [-0.2, 0) is 6.42 Å². The van der Waals surface area contributed by atoms with Gasteiger partial charge in [0.15, 0.2) is 0 Å². The van der Waals surface area contributed by atoms with Crippen molar-refractivity contribution in [3.63, 3.8) is 0 Å². The zero-order valence-corrected chi connectivity index (χ0v) is 21.1. The minimum atomic E-state index is -0.745. The number of likely N-dealkylation sites (tertiary alicyclic amines) is 1. The highest BCUT2D eigenvalue weighted by molar-refractivity contribution is 5.87. The molecule has 1 saturated heterocycles. The lowest BCUT2D eigenvalue weighted by molar-refractivity contribution is 0.176. The number of phenolic OH excluding ortho intramolecular Hbond substituents is 1. The standard InChI is InChI=1S/C29H40N4O3/c34-26-13-11-24(25-12-14-28(36)32-29(25)26)27(35)21-30-17-15-22-7-9-23(10-8-22)31-16-3-1-4-18-33-19-5-2-6-20-33/h7-14,27,30-31,34-35H,1-6,15-21H2,(H,32,36)/t27-/m0/s1. The minimum Gasteiger partial charge on any atom is -0.506 e. The van der Waals surface area contributed by atoms with Crippen molar-refractivity contribution >= 4 is 16.6 Å². The molecule has 4 rings (SSSR count). The summed E-state index contributed by atoms with van der Waals surface area (Å²) in [6.45, 7) is 5.98. The molecule has 0 bridgehead atoms. The summed E-state index contributed by atoms with van der Waals surface area (Å²) in [6, 6.07) is 14.8. The Hall–Kier alpha value is -2.87. The number of phenols is 1. The molecule has 2 aromatic carbocycles. The van der Waals surface area contributed by atoms with Crippen molar-refractivity contribution in [2.75, 3.05) is 44.6 Å². The number of aliphatic hydroxyl groups excluding tert-OH is 1. The lowest BCUT2D eigenvalue weighted by atomic mass is 10.0. The first kappa shape index (κ1) is 26.2. The molecule has 7 heteroatoms. The Labute approximate surface area is 213 Å². The molecule has 0 amide bonds. The lowest BCUT2D eigenvalue weighted by Crippen LogP contribution is -2.30. The van der Waals surface area contributed by atoms with Crippen LogP contribution in [0.3, 0.4) is 0 Å². The topological polar surface area (TPSA) is 101 Å². The summed E-state index contributed by atoms with van der Waals surface area (Å²) in [7, 11) is 0. The molecule has 194 valence electrons. The van der Waals surface area contributed by atoms with Crippen LogP contribution >= 0.6 is 0 Å². The van der Waals surface area contributed by atoms with Gasteiger partial charge in [0.2, 0.25) is 5.56 Å². The van der Waals surface area contributed by atoms with Crippen molar-refractivity contribution in [1.82, 2.24) is 15.2 Å². The molecule has 36 heavy (non-hydrogen) atoms. The number of hydrogen-bond acceptors (Lipinski definition) is 6. The van der Waals surface area contributed by atoms with E-state index in [0.29, 0.717) is 23.0 Å². The highest BCUT2D eigenvalue weighted by Gasteiger charge is 2.14. The zero-order valence-electron chi connectivity index (χ0n) is 21.1. The first-order valence-corrected chi connectivity index (χ1v) is 13.4. The van der Waals surface area contributed by atoms with E-state index in [0.717, 1.165) is 25.2 Å². The van der Waals surface area contributed by atoms with E-state index in [9.17, 15) is 15.0 Å². The Kier molecular flexibility index (Phi) is 9.78. The number of H-pyrrole nitrogens is 1. The van der Waals surface area contributed by atoms with E-state index in [1.165, 1.54) is 75.9 Å². The predicted molar refractivity (Wildman–Crippen MR) is 147 cm³/mol. The fourth-order valence-electron chi connectivity index (χ4n) is 4.97. The van der Waals surface area contributed by atoms with Gasteiger partial charge in [0, 0.05) is 30.2 Å². The van der Waals surface area contributed by atoms with E-state index in [4.69, 9.17) is 0 Å². The van der Waals surface area contributed by atoms with Crippen LogP contribution in [0.2, 0.25) is 0 Å². The molecule has 0 radical (unpaired) electrons. The van der Waals surface area contributed by atoms with Gasteiger partial charge in [-0.15, -0.1) is 0 Å². The van der Waals surface area contributed by atoms with Crippen LogP contribution in [0.1, 0.15) is 55.8 Å². The van der Waals surface area contributed by atoms with Crippen LogP contribution in [0, 0.1) is 0 Å². The number of piperidine rings is 1. The summed E-state index contributed by atoms with van der Waals surface area (Å²) in [6.07, 6.45) is 8.05. The van der Waals surface area contributed by atoms with Crippen LogP contribution in [0.25, 0.3) is 10.9 Å². The highest BCUT2D eigenvalue weighted by Crippen LogP contribution is 2.28. The van der Waals surface area contributed by atoms with Gasteiger partial charge in [-0.2, -0.15) is 0 Å². The lowest BCUT2D eigenvalue weighted by Gasteiger charge is -2.26. The van der Waals surface area contributed by atoms with Crippen molar-refractivity contribution < 1.29 is 10.2 Å². The number of aromatic amines is 1. The monoisotopic (exact) mass is 492 g/mol. The maximum absolute atomic E-state index is 11.6. The molecular formula is C29H40N4O3. The van der Waals surface area contributed by atoms with Crippen LogP contribution in [-0.4, -0.2) is 59.4 Å². The average molecular weight is 493 g/mol. The molecule has 7 nitrogen and oxygen atoms in total. The molecule has 2 heterocycles. The van der Waals surface area contributed by atoms with E-state index in [1.807, 2.05) is 0 Å². The third kappa shape index (κ3) is 7.56. The van der Waals surface area contributed by atoms with Gasteiger partial charge in [0.1, 0.15) is 5.75 Å². The fourth-order valence-corrected chi connectivity index (χ4v) is 4.97. The molecule has 0 aliphatic carbocycles. The molecule has 1 aliphatic rings. The molecule has 1 aliphatic heterocycles. The molecule has 3 aromatic rings. The van der Waals surface area contributed by atoms with Gasteiger partial charge < -0.3 is 30.7 Å². The smallest absolute Gasteiger partial charge is 0.248 e. The van der Waals surface area contributed by atoms with Crippen LogP contribution in [0.4, 0.5) is 5.69 Å². The number of nitrogens with zero attached hydrogens (tertiary/aromatic N) is 1. The molecule has 1 fully saturated rings. The van der Waals surface area contributed by atoms with Gasteiger partial charge in [-0.3, -0.25) is 4.79 Å². The largest absolute Gasteiger partial charge is 0.506 e. The van der Waals surface area contributed by atoms with E-state index in [2.05, 4.69) is 44.8 Å². The first-order valence-electron chi connectivity index (χ1n) is 13.4.